The van der Waals surface area contributed by atoms with Gasteiger partial charge in [-0.3, -0.25) is 4.79 Å². The molecular formula is C11H11FO. The van der Waals surface area contributed by atoms with Crippen LogP contribution in [0.3, 0.4) is 0 Å². The van der Waals surface area contributed by atoms with Gasteiger partial charge in [-0.25, -0.2) is 4.39 Å². The van der Waals surface area contributed by atoms with Crippen LogP contribution in [0, 0.1) is 5.82 Å². The van der Waals surface area contributed by atoms with Crippen LogP contribution in [0.15, 0.2) is 12.1 Å². The van der Waals surface area contributed by atoms with E-state index in [1.807, 2.05) is 6.92 Å². The largest absolute Gasteiger partial charge is 0.294 e. The lowest BCUT2D eigenvalue weighted by Crippen LogP contribution is -2.01. The van der Waals surface area contributed by atoms with E-state index < -0.39 is 0 Å². The highest BCUT2D eigenvalue weighted by molar-refractivity contribution is 6.01. The number of Topliss-reactive ketones (excluding diaryl/α,β-unsaturated/α-hetero) is 1. The summed E-state index contributed by atoms with van der Waals surface area (Å²) < 4.78 is 13.3. The van der Waals surface area contributed by atoms with Crippen LogP contribution in [0.5, 0.6) is 0 Å². The molecule has 0 aromatic heterocycles. The van der Waals surface area contributed by atoms with Crippen molar-refractivity contribution in [2.45, 2.75) is 26.2 Å². The van der Waals surface area contributed by atoms with Crippen molar-refractivity contribution in [3.05, 3.63) is 34.6 Å². The summed E-state index contributed by atoms with van der Waals surface area (Å²) in [6, 6.07) is 3.20. The topological polar surface area (TPSA) is 17.1 Å². The van der Waals surface area contributed by atoms with E-state index in [-0.39, 0.29) is 11.6 Å². The molecule has 68 valence electrons. The number of ketones is 1. The molecule has 0 radical (unpaired) electrons. The van der Waals surface area contributed by atoms with Gasteiger partial charge in [-0.15, -0.1) is 0 Å². The third-order valence-electron chi connectivity index (χ3n) is 2.60. The van der Waals surface area contributed by atoms with Crippen molar-refractivity contribution < 1.29 is 9.18 Å². The fourth-order valence-electron chi connectivity index (χ4n) is 1.95. The lowest BCUT2D eigenvalue weighted by atomic mass is 10.0. The second-order valence-electron chi connectivity index (χ2n) is 3.34. The van der Waals surface area contributed by atoms with Crippen LogP contribution in [0.25, 0.3) is 0 Å². The minimum atomic E-state index is -0.239. The summed E-state index contributed by atoms with van der Waals surface area (Å²) in [6.45, 7) is 1.88. The van der Waals surface area contributed by atoms with Gasteiger partial charge in [-0.05, 0) is 30.0 Å². The van der Waals surface area contributed by atoms with E-state index in [1.165, 1.54) is 6.07 Å². The van der Waals surface area contributed by atoms with Gasteiger partial charge in [0, 0.05) is 12.0 Å². The van der Waals surface area contributed by atoms with Crippen LogP contribution in [0.4, 0.5) is 4.39 Å². The molecule has 0 spiro atoms. The molecule has 2 heteroatoms. The first-order valence-electron chi connectivity index (χ1n) is 4.57. The van der Waals surface area contributed by atoms with Gasteiger partial charge in [-0.1, -0.05) is 13.0 Å². The van der Waals surface area contributed by atoms with Crippen LogP contribution in [0.1, 0.15) is 34.8 Å². The highest BCUT2D eigenvalue weighted by Gasteiger charge is 2.23. The molecular weight excluding hydrogens is 167 g/mol. The number of benzene rings is 1. The standard InChI is InChI=1S/C11H11FO/c1-2-8-9(12)5-3-7-4-6-10(13)11(7)8/h3,5H,2,4,6H2,1H3. The molecule has 0 N–H and O–H groups in total. The zero-order valence-corrected chi connectivity index (χ0v) is 7.56. The van der Waals surface area contributed by atoms with E-state index in [4.69, 9.17) is 0 Å². The molecule has 0 heterocycles. The van der Waals surface area contributed by atoms with Crippen molar-refractivity contribution in [1.29, 1.82) is 0 Å². The predicted molar refractivity (Wildman–Crippen MR) is 48.4 cm³/mol. The molecule has 1 aromatic carbocycles. The molecule has 2 rings (SSSR count). The maximum atomic E-state index is 13.3. The van der Waals surface area contributed by atoms with E-state index in [9.17, 15) is 9.18 Å². The zero-order valence-electron chi connectivity index (χ0n) is 7.56. The fourth-order valence-corrected chi connectivity index (χ4v) is 1.95. The Balaban J connectivity index is 2.67. The Bertz CT molecular complexity index is 369. The van der Waals surface area contributed by atoms with Crippen LogP contribution in [-0.2, 0) is 12.8 Å². The van der Waals surface area contributed by atoms with Crippen molar-refractivity contribution in [2.24, 2.45) is 0 Å². The number of fused-ring (bicyclic) bond motifs is 1. The quantitative estimate of drug-likeness (QED) is 0.645. The number of carbonyl (C=O) groups is 1. The van der Waals surface area contributed by atoms with Gasteiger partial charge < -0.3 is 0 Å². The molecule has 13 heavy (non-hydrogen) atoms. The number of aryl methyl sites for hydroxylation is 1. The summed E-state index contributed by atoms with van der Waals surface area (Å²) in [5, 5.41) is 0. The van der Waals surface area contributed by atoms with Gasteiger partial charge in [0.2, 0.25) is 0 Å². The van der Waals surface area contributed by atoms with Gasteiger partial charge in [0.05, 0.1) is 0 Å². The lowest BCUT2D eigenvalue weighted by molar-refractivity contribution is 0.0993. The minimum Gasteiger partial charge on any atom is -0.294 e. The normalized spacial score (nSPS) is 14.8. The number of halogens is 1. The number of rotatable bonds is 1. The molecule has 0 bridgehead atoms. The summed E-state index contributed by atoms with van der Waals surface area (Å²) in [6.07, 6.45) is 1.92. The van der Waals surface area contributed by atoms with Gasteiger partial charge in [0.25, 0.3) is 0 Å². The molecule has 1 aromatic rings. The summed E-state index contributed by atoms with van der Waals surface area (Å²) in [5.41, 5.74) is 2.27. The van der Waals surface area contributed by atoms with Gasteiger partial charge in [0.1, 0.15) is 5.82 Å². The molecule has 0 atom stereocenters. The van der Waals surface area contributed by atoms with Gasteiger partial charge in [0.15, 0.2) is 5.78 Å². The Morgan fingerprint density at radius 3 is 2.85 bits per heavy atom. The second-order valence-corrected chi connectivity index (χ2v) is 3.34. The molecule has 1 nitrogen and oxygen atoms in total. The van der Waals surface area contributed by atoms with E-state index in [0.29, 0.717) is 24.0 Å². The smallest absolute Gasteiger partial charge is 0.163 e. The highest BCUT2D eigenvalue weighted by Crippen LogP contribution is 2.27. The first-order valence-corrected chi connectivity index (χ1v) is 4.57. The fraction of sp³-hybridized carbons (Fsp3) is 0.364. The van der Waals surface area contributed by atoms with E-state index in [2.05, 4.69) is 0 Å². The summed E-state index contributed by atoms with van der Waals surface area (Å²) in [4.78, 5) is 11.4. The first-order chi connectivity index (χ1) is 6.24. The molecule has 0 saturated carbocycles. The molecule has 1 aliphatic rings. The van der Waals surface area contributed by atoms with Crippen LogP contribution in [-0.4, -0.2) is 5.78 Å². The average Bonchev–Trinajstić information content (AvgIpc) is 2.49. The Labute approximate surface area is 76.6 Å². The monoisotopic (exact) mass is 178 g/mol. The van der Waals surface area contributed by atoms with Crippen molar-refractivity contribution in [3.63, 3.8) is 0 Å². The molecule has 0 aliphatic heterocycles. The Hall–Kier alpha value is -1.18. The third kappa shape index (κ3) is 1.17. The van der Waals surface area contributed by atoms with Crippen LogP contribution < -0.4 is 0 Å². The number of hydrogen-bond donors (Lipinski definition) is 0. The van der Waals surface area contributed by atoms with E-state index in [0.717, 1.165) is 12.0 Å². The number of hydrogen-bond acceptors (Lipinski definition) is 1. The molecule has 0 amide bonds. The Morgan fingerprint density at radius 1 is 1.38 bits per heavy atom. The van der Waals surface area contributed by atoms with Crippen molar-refractivity contribution in [3.8, 4) is 0 Å². The number of carbonyl (C=O) groups excluding carboxylic acids is 1. The summed E-state index contributed by atoms with van der Waals surface area (Å²) >= 11 is 0. The van der Waals surface area contributed by atoms with E-state index >= 15 is 0 Å². The van der Waals surface area contributed by atoms with E-state index in [1.54, 1.807) is 6.07 Å². The Kier molecular flexibility index (Phi) is 1.91. The van der Waals surface area contributed by atoms with Crippen molar-refractivity contribution >= 4 is 5.78 Å². The highest BCUT2D eigenvalue weighted by atomic mass is 19.1. The van der Waals surface area contributed by atoms with Gasteiger partial charge >= 0.3 is 0 Å². The van der Waals surface area contributed by atoms with Crippen molar-refractivity contribution in [1.82, 2.24) is 0 Å². The SMILES string of the molecule is CCc1c(F)ccc2c1C(=O)CC2. The Morgan fingerprint density at radius 2 is 2.15 bits per heavy atom. The maximum Gasteiger partial charge on any atom is 0.163 e. The van der Waals surface area contributed by atoms with Gasteiger partial charge in [-0.2, -0.15) is 0 Å². The average molecular weight is 178 g/mol. The summed E-state index contributed by atoms with van der Waals surface area (Å²) in [5.74, 6) is -0.136. The zero-order chi connectivity index (χ0) is 9.42. The predicted octanol–water partition coefficient (Wildman–Crippen LogP) is 2.52. The lowest BCUT2D eigenvalue weighted by Gasteiger charge is -2.05. The molecule has 0 saturated heterocycles. The molecule has 1 aliphatic carbocycles. The van der Waals surface area contributed by atoms with Crippen LogP contribution >= 0.6 is 0 Å². The summed E-state index contributed by atoms with van der Waals surface area (Å²) in [7, 11) is 0. The van der Waals surface area contributed by atoms with Crippen LogP contribution in [0.2, 0.25) is 0 Å². The molecule has 0 fully saturated rings. The third-order valence-corrected chi connectivity index (χ3v) is 2.60. The van der Waals surface area contributed by atoms with Crippen molar-refractivity contribution in [2.75, 3.05) is 0 Å². The molecule has 0 unspecified atom stereocenters. The minimum absolute atomic E-state index is 0.103. The second kappa shape index (κ2) is 2.95. The maximum absolute atomic E-state index is 13.3. The first kappa shape index (κ1) is 8.42.